The molecule has 0 heterocycles. The molecular weight excluding hydrogens is 184 g/mol. The monoisotopic (exact) mass is 204 g/mol. The van der Waals surface area contributed by atoms with Crippen molar-refractivity contribution in [2.24, 2.45) is 0 Å². The molecule has 82 valence electrons. The Morgan fingerprint density at radius 3 is 2.80 bits per heavy atom. The summed E-state index contributed by atoms with van der Waals surface area (Å²) in [6, 6.07) is 5.99. The van der Waals surface area contributed by atoms with E-state index in [0.717, 1.165) is 23.5 Å². The maximum atomic E-state index is 5.85. The molecule has 15 heavy (non-hydrogen) atoms. The van der Waals surface area contributed by atoms with Crippen LogP contribution in [0.5, 0.6) is 0 Å². The third-order valence-corrected chi connectivity index (χ3v) is 2.42. The topological polar surface area (TPSA) is 38.0 Å². The number of nitrogens with one attached hydrogen (secondary N) is 1. The zero-order valence-corrected chi connectivity index (χ0v) is 9.42. The molecule has 0 fully saturated rings. The molecule has 0 aromatic heterocycles. The van der Waals surface area contributed by atoms with Gasteiger partial charge >= 0.3 is 0 Å². The van der Waals surface area contributed by atoms with Crippen LogP contribution in [0, 0.1) is 0 Å². The highest BCUT2D eigenvalue weighted by molar-refractivity contribution is 5.68. The van der Waals surface area contributed by atoms with Gasteiger partial charge in [0.2, 0.25) is 0 Å². The van der Waals surface area contributed by atoms with Gasteiger partial charge in [0.25, 0.3) is 0 Å². The first-order valence-corrected chi connectivity index (χ1v) is 5.53. The molecule has 0 aliphatic rings. The summed E-state index contributed by atoms with van der Waals surface area (Å²) in [5.41, 5.74) is 8.72. The van der Waals surface area contributed by atoms with Crippen molar-refractivity contribution in [3.63, 3.8) is 0 Å². The lowest BCUT2D eigenvalue weighted by Crippen LogP contribution is -2.02. The highest BCUT2D eigenvalue weighted by atomic mass is 14.9. The molecule has 0 bridgehead atoms. The zero-order valence-electron chi connectivity index (χ0n) is 9.42. The molecule has 0 radical (unpaired) electrons. The summed E-state index contributed by atoms with van der Waals surface area (Å²) in [5.74, 6) is 0. The van der Waals surface area contributed by atoms with E-state index in [1.54, 1.807) is 6.08 Å². The SMILES string of the molecule is C=Cc1ccc(NCCCCC)cc1N. The molecule has 0 unspecified atom stereocenters. The number of unbranched alkanes of at least 4 members (excludes halogenated alkanes) is 2. The van der Waals surface area contributed by atoms with Crippen molar-refractivity contribution >= 4 is 17.5 Å². The van der Waals surface area contributed by atoms with Crippen LogP contribution in [0.2, 0.25) is 0 Å². The standard InChI is InChI=1S/C13H20N2/c1-3-5-6-9-15-12-8-7-11(4-2)13(14)10-12/h4,7-8,10,15H,2-3,5-6,9,14H2,1H3. The first kappa shape index (κ1) is 11.6. The summed E-state index contributed by atoms with van der Waals surface area (Å²) in [5, 5.41) is 3.36. The Morgan fingerprint density at radius 2 is 2.20 bits per heavy atom. The minimum Gasteiger partial charge on any atom is -0.398 e. The molecule has 0 saturated heterocycles. The smallest absolute Gasteiger partial charge is 0.0408 e. The zero-order chi connectivity index (χ0) is 11.1. The summed E-state index contributed by atoms with van der Waals surface area (Å²) in [4.78, 5) is 0. The van der Waals surface area contributed by atoms with Gasteiger partial charge in [-0.1, -0.05) is 38.5 Å². The van der Waals surface area contributed by atoms with Gasteiger partial charge in [-0.3, -0.25) is 0 Å². The molecule has 0 aliphatic heterocycles. The number of nitrogens with two attached hydrogens (primary N) is 1. The van der Waals surface area contributed by atoms with Crippen LogP contribution in [-0.2, 0) is 0 Å². The van der Waals surface area contributed by atoms with Crippen LogP contribution in [0.25, 0.3) is 6.08 Å². The van der Waals surface area contributed by atoms with Crippen LogP contribution in [0.15, 0.2) is 24.8 Å². The fraction of sp³-hybridized carbons (Fsp3) is 0.385. The molecule has 2 heteroatoms. The summed E-state index contributed by atoms with van der Waals surface area (Å²) in [7, 11) is 0. The molecule has 0 saturated carbocycles. The van der Waals surface area contributed by atoms with Gasteiger partial charge in [-0.05, 0) is 24.1 Å². The van der Waals surface area contributed by atoms with Crippen LogP contribution in [-0.4, -0.2) is 6.54 Å². The Labute approximate surface area is 92.2 Å². The molecule has 0 aliphatic carbocycles. The Hall–Kier alpha value is -1.44. The van der Waals surface area contributed by atoms with Gasteiger partial charge in [0, 0.05) is 17.9 Å². The van der Waals surface area contributed by atoms with E-state index < -0.39 is 0 Å². The van der Waals surface area contributed by atoms with Crippen LogP contribution in [0.3, 0.4) is 0 Å². The number of benzene rings is 1. The normalized spacial score (nSPS) is 9.93. The Balaban J connectivity index is 2.48. The Bertz CT molecular complexity index is 318. The highest BCUT2D eigenvalue weighted by Gasteiger charge is 1.96. The summed E-state index contributed by atoms with van der Waals surface area (Å²) in [6.45, 7) is 6.93. The summed E-state index contributed by atoms with van der Waals surface area (Å²) in [6.07, 6.45) is 5.50. The number of nitrogen functional groups attached to an aromatic ring is 1. The van der Waals surface area contributed by atoms with Crippen LogP contribution >= 0.6 is 0 Å². The number of hydrogen-bond donors (Lipinski definition) is 2. The van der Waals surface area contributed by atoms with Gasteiger partial charge in [0.1, 0.15) is 0 Å². The first-order chi connectivity index (χ1) is 7.27. The Kier molecular flexibility index (Phi) is 4.75. The molecule has 0 atom stereocenters. The second-order valence-corrected chi connectivity index (χ2v) is 3.68. The van der Waals surface area contributed by atoms with Crippen molar-refractivity contribution in [2.75, 3.05) is 17.6 Å². The summed E-state index contributed by atoms with van der Waals surface area (Å²) >= 11 is 0. The number of anilines is 2. The fourth-order valence-electron chi connectivity index (χ4n) is 1.48. The molecule has 2 nitrogen and oxygen atoms in total. The predicted octanol–water partition coefficient (Wildman–Crippen LogP) is 3.51. The third kappa shape index (κ3) is 3.66. The Morgan fingerprint density at radius 1 is 1.40 bits per heavy atom. The first-order valence-electron chi connectivity index (χ1n) is 5.53. The lowest BCUT2D eigenvalue weighted by Gasteiger charge is -2.08. The van der Waals surface area contributed by atoms with Crippen LogP contribution in [0.4, 0.5) is 11.4 Å². The molecule has 3 N–H and O–H groups in total. The fourth-order valence-corrected chi connectivity index (χ4v) is 1.48. The summed E-state index contributed by atoms with van der Waals surface area (Å²) < 4.78 is 0. The van der Waals surface area contributed by atoms with Crippen molar-refractivity contribution in [1.82, 2.24) is 0 Å². The van der Waals surface area contributed by atoms with Crippen LogP contribution < -0.4 is 11.1 Å². The lowest BCUT2D eigenvalue weighted by molar-refractivity contribution is 0.744. The van der Waals surface area contributed by atoms with Crippen molar-refractivity contribution in [3.8, 4) is 0 Å². The van der Waals surface area contributed by atoms with E-state index in [2.05, 4.69) is 18.8 Å². The largest absolute Gasteiger partial charge is 0.398 e. The van der Waals surface area contributed by atoms with Gasteiger partial charge in [-0.2, -0.15) is 0 Å². The van der Waals surface area contributed by atoms with E-state index in [9.17, 15) is 0 Å². The van der Waals surface area contributed by atoms with Gasteiger partial charge in [0.15, 0.2) is 0 Å². The molecule has 1 aromatic rings. The number of hydrogen-bond acceptors (Lipinski definition) is 2. The van der Waals surface area contributed by atoms with Crippen LogP contribution in [0.1, 0.15) is 31.7 Å². The molecule has 1 rings (SSSR count). The quantitative estimate of drug-likeness (QED) is 0.549. The van der Waals surface area contributed by atoms with E-state index in [4.69, 9.17) is 5.73 Å². The molecular formula is C13H20N2. The molecule has 1 aromatic carbocycles. The van der Waals surface area contributed by atoms with E-state index in [-0.39, 0.29) is 0 Å². The second-order valence-electron chi connectivity index (χ2n) is 3.68. The average molecular weight is 204 g/mol. The highest BCUT2D eigenvalue weighted by Crippen LogP contribution is 2.18. The maximum absolute atomic E-state index is 5.85. The van der Waals surface area contributed by atoms with Gasteiger partial charge in [-0.15, -0.1) is 0 Å². The average Bonchev–Trinajstić information content (AvgIpc) is 2.25. The number of rotatable bonds is 6. The predicted molar refractivity (Wildman–Crippen MR) is 69.0 cm³/mol. The second kappa shape index (κ2) is 6.12. The van der Waals surface area contributed by atoms with E-state index >= 15 is 0 Å². The van der Waals surface area contributed by atoms with Crippen molar-refractivity contribution in [3.05, 3.63) is 30.3 Å². The van der Waals surface area contributed by atoms with Crippen molar-refractivity contribution < 1.29 is 0 Å². The molecule has 0 spiro atoms. The minimum absolute atomic E-state index is 0.783. The maximum Gasteiger partial charge on any atom is 0.0408 e. The van der Waals surface area contributed by atoms with E-state index in [1.165, 1.54) is 19.3 Å². The molecule has 0 amide bonds. The van der Waals surface area contributed by atoms with Crippen molar-refractivity contribution in [1.29, 1.82) is 0 Å². The van der Waals surface area contributed by atoms with Gasteiger partial charge < -0.3 is 11.1 Å². The van der Waals surface area contributed by atoms with Gasteiger partial charge in [0.05, 0.1) is 0 Å². The van der Waals surface area contributed by atoms with Crippen molar-refractivity contribution in [2.45, 2.75) is 26.2 Å². The van der Waals surface area contributed by atoms with E-state index in [0.29, 0.717) is 0 Å². The minimum atomic E-state index is 0.783. The third-order valence-electron chi connectivity index (χ3n) is 2.42. The lowest BCUT2D eigenvalue weighted by atomic mass is 10.1. The van der Waals surface area contributed by atoms with E-state index in [1.807, 2.05) is 18.2 Å². The van der Waals surface area contributed by atoms with Gasteiger partial charge in [-0.25, -0.2) is 0 Å².